The van der Waals surface area contributed by atoms with Crippen molar-refractivity contribution in [2.75, 3.05) is 13.1 Å². The molecule has 0 aliphatic heterocycles. The van der Waals surface area contributed by atoms with Gasteiger partial charge in [-0.05, 0) is 30.5 Å². The molecule has 1 aromatic carbocycles. The first-order chi connectivity index (χ1) is 8.66. The van der Waals surface area contributed by atoms with E-state index in [-0.39, 0.29) is 11.3 Å². The Kier molecular flexibility index (Phi) is 4.40. The summed E-state index contributed by atoms with van der Waals surface area (Å²) in [6.07, 6.45) is 3.95. The zero-order chi connectivity index (χ0) is 13.0. The molecule has 0 saturated heterocycles. The maximum Gasteiger partial charge on any atom is 0.221 e. The molecule has 0 radical (unpaired) electrons. The molecule has 0 spiro atoms. The molecule has 1 fully saturated rings. The van der Waals surface area contributed by atoms with Gasteiger partial charge in [-0.3, -0.25) is 4.79 Å². The number of rotatable bonds is 5. The highest BCUT2D eigenvalue weighted by Crippen LogP contribution is 2.43. The van der Waals surface area contributed by atoms with Crippen molar-refractivity contribution in [2.24, 2.45) is 5.73 Å². The van der Waals surface area contributed by atoms with E-state index in [1.807, 2.05) is 0 Å². The maximum atomic E-state index is 11.5. The standard InChI is InChI=1S/C14H19BrN2O/c15-12-4-2-11(3-5-12)14(7-1-8-14)10-17-13(18)6-9-16/h2-5H,1,6-10,16H2,(H,17,18). The molecule has 1 aliphatic rings. The molecule has 3 N–H and O–H groups in total. The molecular weight excluding hydrogens is 292 g/mol. The largest absolute Gasteiger partial charge is 0.355 e. The Bertz CT molecular complexity index is 412. The zero-order valence-electron chi connectivity index (χ0n) is 10.4. The molecule has 1 aromatic rings. The predicted octanol–water partition coefficient (Wildman–Crippen LogP) is 2.34. The second kappa shape index (κ2) is 5.85. The maximum absolute atomic E-state index is 11.5. The van der Waals surface area contributed by atoms with E-state index in [0.29, 0.717) is 13.0 Å². The van der Waals surface area contributed by atoms with Gasteiger partial charge in [-0.25, -0.2) is 0 Å². The van der Waals surface area contributed by atoms with Crippen LogP contribution in [-0.2, 0) is 10.2 Å². The number of carbonyl (C=O) groups is 1. The Morgan fingerprint density at radius 3 is 2.50 bits per heavy atom. The number of hydrogen-bond donors (Lipinski definition) is 2. The normalized spacial score (nSPS) is 17.0. The summed E-state index contributed by atoms with van der Waals surface area (Å²) in [6.45, 7) is 1.14. The molecule has 4 heteroatoms. The first-order valence-corrected chi connectivity index (χ1v) is 7.18. The fourth-order valence-electron chi connectivity index (χ4n) is 2.46. The molecule has 0 bridgehead atoms. The molecule has 0 unspecified atom stereocenters. The second-order valence-corrected chi connectivity index (χ2v) is 5.87. The molecule has 98 valence electrons. The summed E-state index contributed by atoms with van der Waals surface area (Å²) in [5, 5.41) is 3.01. The Morgan fingerprint density at radius 2 is 2.00 bits per heavy atom. The number of nitrogens with one attached hydrogen (secondary N) is 1. The van der Waals surface area contributed by atoms with Gasteiger partial charge in [0.25, 0.3) is 0 Å². The lowest BCUT2D eigenvalue weighted by molar-refractivity contribution is -0.121. The van der Waals surface area contributed by atoms with E-state index < -0.39 is 0 Å². The zero-order valence-corrected chi connectivity index (χ0v) is 12.0. The van der Waals surface area contributed by atoms with Crippen molar-refractivity contribution in [3.05, 3.63) is 34.3 Å². The van der Waals surface area contributed by atoms with Gasteiger partial charge in [0.2, 0.25) is 5.91 Å². The number of halogens is 1. The summed E-state index contributed by atoms with van der Waals surface area (Å²) in [7, 11) is 0. The molecule has 2 rings (SSSR count). The third kappa shape index (κ3) is 2.93. The first kappa shape index (κ1) is 13.6. The Hall–Kier alpha value is -0.870. The topological polar surface area (TPSA) is 55.1 Å². The quantitative estimate of drug-likeness (QED) is 0.877. The van der Waals surface area contributed by atoms with Crippen LogP contribution >= 0.6 is 15.9 Å². The van der Waals surface area contributed by atoms with E-state index in [1.165, 1.54) is 12.0 Å². The second-order valence-electron chi connectivity index (χ2n) is 4.96. The minimum absolute atomic E-state index is 0.0564. The Morgan fingerprint density at radius 1 is 1.33 bits per heavy atom. The minimum atomic E-state index is 0.0564. The smallest absolute Gasteiger partial charge is 0.221 e. The number of hydrogen-bond acceptors (Lipinski definition) is 2. The van der Waals surface area contributed by atoms with Gasteiger partial charge in [0.15, 0.2) is 0 Å². The van der Waals surface area contributed by atoms with Gasteiger partial charge < -0.3 is 11.1 Å². The molecule has 0 heterocycles. The van der Waals surface area contributed by atoms with Crippen molar-refractivity contribution in [3.8, 4) is 0 Å². The van der Waals surface area contributed by atoms with Crippen LogP contribution < -0.4 is 11.1 Å². The van der Waals surface area contributed by atoms with Crippen molar-refractivity contribution in [3.63, 3.8) is 0 Å². The van der Waals surface area contributed by atoms with E-state index in [1.54, 1.807) is 0 Å². The summed E-state index contributed by atoms with van der Waals surface area (Å²) in [5.41, 5.74) is 6.84. The number of carbonyl (C=O) groups excluding carboxylic acids is 1. The Balaban J connectivity index is 2.02. The average Bonchev–Trinajstić information content (AvgIpc) is 2.30. The van der Waals surface area contributed by atoms with Crippen LogP contribution in [0.15, 0.2) is 28.7 Å². The molecule has 0 atom stereocenters. The van der Waals surface area contributed by atoms with E-state index in [9.17, 15) is 4.79 Å². The number of benzene rings is 1. The predicted molar refractivity (Wildman–Crippen MR) is 76.4 cm³/mol. The van der Waals surface area contributed by atoms with Crippen molar-refractivity contribution >= 4 is 21.8 Å². The van der Waals surface area contributed by atoms with Crippen LogP contribution in [0, 0.1) is 0 Å². The average molecular weight is 311 g/mol. The van der Waals surface area contributed by atoms with Gasteiger partial charge in [-0.2, -0.15) is 0 Å². The fraction of sp³-hybridized carbons (Fsp3) is 0.500. The van der Waals surface area contributed by atoms with E-state index >= 15 is 0 Å². The van der Waals surface area contributed by atoms with Crippen molar-refractivity contribution in [1.82, 2.24) is 5.32 Å². The molecular formula is C14H19BrN2O. The lowest BCUT2D eigenvalue weighted by atomic mass is 9.64. The molecule has 1 saturated carbocycles. The van der Waals surface area contributed by atoms with Crippen molar-refractivity contribution < 1.29 is 4.79 Å². The van der Waals surface area contributed by atoms with Crippen LogP contribution in [-0.4, -0.2) is 19.0 Å². The fourth-order valence-corrected chi connectivity index (χ4v) is 2.73. The third-order valence-corrected chi connectivity index (χ3v) is 4.29. The number of amides is 1. The van der Waals surface area contributed by atoms with Gasteiger partial charge in [0.05, 0.1) is 0 Å². The summed E-state index contributed by atoms with van der Waals surface area (Å²) in [6, 6.07) is 8.44. The van der Waals surface area contributed by atoms with Gasteiger partial charge in [0, 0.05) is 29.4 Å². The van der Waals surface area contributed by atoms with Crippen LogP contribution in [0.4, 0.5) is 0 Å². The molecule has 3 nitrogen and oxygen atoms in total. The summed E-state index contributed by atoms with van der Waals surface area (Å²) < 4.78 is 1.09. The third-order valence-electron chi connectivity index (χ3n) is 3.76. The SMILES string of the molecule is NCCC(=O)NCC1(c2ccc(Br)cc2)CCC1. The highest BCUT2D eigenvalue weighted by atomic mass is 79.9. The Labute approximate surface area is 116 Å². The first-order valence-electron chi connectivity index (χ1n) is 6.39. The van der Waals surface area contributed by atoms with Crippen molar-refractivity contribution in [1.29, 1.82) is 0 Å². The molecule has 1 aliphatic carbocycles. The van der Waals surface area contributed by atoms with Gasteiger partial charge >= 0.3 is 0 Å². The highest BCUT2D eigenvalue weighted by Gasteiger charge is 2.38. The van der Waals surface area contributed by atoms with Crippen LogP contribution in [0.2, 0.25) is 0 Å². The summed E-state index contributed by atoms with van der Waals surface area (Å²) >= 11 is 3.45. The molecule has 0 aromatic heterocycles. The summed E-state index contributed by atoms with van der Waals surface area (Å²) in [4.78, 5) is 11.5. The lowest BCUT2D eigenvalue weighted by Gasteiger charge is -2.42. The minimum Gasteiger partial charge on any atom is -0.355 e. The highest BCUT2D eigenvalue weighted by molar-refractivity contribution is 9.10. The van der Waals surface area contributed by atoms with Crippen LogP contribution in [0.3, 0.4) is 0 Å². The van der Waals surface area contributed by atoms with Gasteiger partial charge in [-0.1, -0.05) is 34.5 Å². The molecule has 1 amide bonds. The molecule has 18 heavy (non-hydrogen) atoms. The number of nitrogens with two attached hydrogens (primary N) is 1. The van der Waals surface area contributed by atoms with Gasteiger partial charge in [0.1, 0.15) is 0 Å². The van der Waals surface area contributed by atoms with Crippen LogP contribution in [0.1, 0.15) is 31.2 Å². The van der Waals surface area contributed by atoms with E-state index in [4.69, 9.17) is 5.73 Å². The van der Waals surface area contributed by atoms with Gasteiger partial charge in [-0.15, -0.1) is 0 Å². The van der Waals surface area contributed by atoms with Crippen LogP contribution in [0.5, 0.6) is 0 Å². The monoisotopic (exact) mass is 310 g/mol. The van der Waals surface area contributed by atoms with E-state index in [0.717, 1.165) is 23.9 Å². The van der Waals surface area contributed by atoms with Crippen LogP contribution in [0.25, 0.3) is 0 Å². The lowest BCUT2D eigenvalue weighted by Crippen LogP contribution is -2.45. The summed E-state index contributed by atoms with van der Waals surface area (Å²) in [5.74, 6) is 0.0564. The van der Waals surface area contributed by atoms with E-state index in [2.05, 4.69) is 45.5 Å². The van der Waals surface area contributed by atoms with Crippen molar-refractivity contribution in [2.45, 2.75) is 31.1 Å².